The van der Waals surface area contributed by atoms with E-state index in [1.807, 2.05) is 44.2 Å². The summed E-state index contributed by atoms with van der Waals surface area (Å²) in [6.45, 7) is 5.28. The van der Waals surface area contributed by atoms with Crippen molar-refractivity contribution in [3.8, 4) is 11.1 Å². The highest BCUT2D eigenvalue weighted by Gasteiger charge is 2.44. The van der Waals surface area contributed by atoms with Gasteiger partial charge in [-0.3, -0.25) is 0 Å². The van der Waals surface area contributed by atoms with Crippen LogP contribution < -0.4 is 0 Å². The Labute approximate surface area is 178 Å². The Morgan fingerprint density at radius 2 is 1.60 bits per heavy atom. The molecular weight excluding hydrogens is 424 g/mol. The third kappa shape index (κ3) is 4.22. The van der Waals surface area contributed by atoms with E-state index in [9.17, 15) is 21.6 Å². The maximum atomic E-state index is 12.9. The van der Waals surface area contributed by atoms with Gasteiger partial charge in [0, 0.05) is 12.3 Å². The van der Waals surface area contributed by atoms with E-state index in [1.165, 1.54) is 6.92 Å². The Morgan fingerprint density at radius 1 is 1.00 bits per heavy atom. The van der Waals surface area contributed by atoms with Crippen molar-refractivity contribution in [2.45, 2.75) is 37.8 Å². The molecule has 7 nitrogen and oxygen atoms in total. The van der Waals surface area contributed by atoms with Gasteiger partial charge < -0.3 is 4.90 Å². The Bertz CT molecular complexity index is 1170. The van der Waals surface area contributed by atoms with Gasteiger partial charge in [-0.25, -0.2) is 25.9 Å². The maximum Gasteiger partial charge on any atom is 0.334 e. The summed E-state index contributed by atoms with van der Waals surface area (Å²) in [4.78, 5) is 14.7. The van der Waals surface area contributed by atoms with Gasteiger partial charge in [-0.15, -0.1) is 0 Å². The van der Waals surface area contributed by atoms with Crippen LogP contribution in [0.2, 0.25) is 0 Å². The summed E-state index contributed by atoms with van der Waals surface area (Å²) >= 11 is 0. The lowest BCUT2D eigenvalue weighted by molar-refractivity contribution is 0.181. The van der Waals surface area contributed by atoms with Gasteiger partial charge in [0.05, 0.1) is 23.2 Å². The maximum absolute atomic E-state index is 12.9. The van der Waals surface area contributed by atoms with Crippen molar-refractivity contribution in [3.05, 3.63) is 54.1 Å². The number of hydrogen-bond acceptors (Lipinski definition) is 5. The molecule has 0 N–H and O–H groups in total. The molecule has 1 aliphatic rings. The number of amides is 2. The molecule has 30 heavy (non-hydrogen) atoms. The van der Waals surface area contributed by atoms with Crippen LogP contribution in [0.1, 0.15) is 32.4 Å². The lowest BCUT2D eigenvalue weighted by Crippen LogP contribution is -2.40. The molecule has 2 aromatic rings. The molecule has 1 atom stereocenters. The first-order valence-corrected chi connectivity index (χ1v) is 13.2. The van der Waals surface area contributed by atoms with Gasteiger partial charge in [0.1, 0.15) is 0 Å². The van der Waals surface area contributed by atoms with Crippen molar-refractivity contribution < 1.29 is 21.6 Å². The predicted molar refractivity (Wildman–Crippen MR) is 116 cm³/mol. The van der Waals surface area contributed by atoms with E-state index in [0.717, 1.165) is 27.3 Å². The smallest absolute Gasteiger partial charge is 0.313 e. The van der Waals surface area contributed by atoms with Crippen LogP contribution in [0.5, 0.6) is 0 Å². The van der Waals surface area contributed by atoms with E-state index in [-0.39, 0.29) is 23.2 Å². The number of sulfonamides is 1. The molecule has 162 valence electrons. The highest BCUT2D eigenvalue weighted by atomic mass is 32.2. The molecule has 1 heterocycles. The van der Waals surface area contributed by atoms with E-state index in [4.69, 9.17) is 0 Å². The molecule has 0 aromatic heterocycles. The fourth-order valence-electron chi connectivity index (χ4n) is 3.65. The summed E-state index contributed by atoms with van der Waals surface area (Å²) < 4.78 is 49.5. The van der Waals surface area contributed by atoms with E-state index < -0.39 is 31.9 Å². The minimum Gasteiger partial charge on any atom is -0.313 e. The van der Waals surface area contributed by atoms with E-state index in [1.54, 1.807) is 23.1 Å². The van der Waals surface area contributed by atoms with Crippen molar-refractivity contribution in [2.24, 2.45) is 0 Å². The Balaban J connectivity index is 2.04. The van der Waals surface area contributed by atoms with Gasteiger partial charge in [-0.2, -0.15) is 0 Å². The normalized spacial score (nSPS) is 17.8. The molecular formula is C21H26N2O5S2. The molecule has 0 bridgehead atoms. The largest absolute Gasteiger partial charge is 0.334 e. The average Bonchev–Trinajstić information content (AvgIpc) is 3.06. The SMILES string of the molecule is CCS(=O)(=O)N1CC(c2cccc(-c3cccc(S(C)(=O)=O)c3)c2)N(C(C)C)C1=O. The van der Waals surface area contributed by atoms with E-state index >= 15 is 0 Å². The van der Waals surface area contributed by atoms with Crippen molar-refractivity contribution in [3.63, 3.8) is 0 Å². The van der Waals surface area contributed by atoms with Crippen molar-refractivity contribution in [1.82, 2.24) is 9.21 Å². The zero-order valence-electron chi connectivity index (χ0n) is 17.4. The molecule has 2 aromatic carbocycles. The zero-order chi connectivity index (χ0) is 22.3. The highest BCUT2D eigenvalue weighted by Crippen LogP contribution is 2.35. The van der Waals surface area contributed by atoms with Gasteiger partial charge in [-0.1, -0.05) is 30.3 Å². The summed E-state index contributed by atoms with van der Waals surface area (Å²) in [5, 5.41) is 0. The first kappa shape index (κ1) is 22.3. The molecule has 1 unspecified atom stereocenters. The lowest BCUT2D eigenvalue weighted by atomic mass is 9.99. The summed E-state index contributed by atoms with van der Waals surface area (Å²) in [7, 11) is -7.00. The zero-order valence-corrected chi connectivity index (χ0v) is 19.1. The van der Waals surface area contributed by atoms with Crippen LogP contribution in [-0.4, -0.2) is 56.7 Å². The number of urea groups is 1. The molecule has 0 aliphatic carbocycles. The first-order chi connectivity index (χ1) is 14.0. The number of rotatable bonds is 6. The van der Waals surface area contributed by atoms with Crippen LogP contribution in [0.25, 0.3) is 11.1 Å². The number of carbonyl (C=O) groups is 1. The summed E-state index contributed by atoms with van der Waals surface area (Å²) in [6.07, 6.45) is 1.16. The minimum absolute atomic E-state index is 0.0556. The fraction of sp³-hybridized carbons (Fsp3) is 0.381. The second-order valence-corrected chi connectivity index (χ2v) is 11.9. The van der Waals surface area contributed by atoms with Crippen LogP contribution in [-0.2, 0) is 19.9 Å². The Morgan fingerprint density at radius 3 is 2.17 bits per heavy atom. The molecule has 3 rings (SSSR count). The number of hydrogen-bond donors (Lipinski definition) is 0. The quantitative estimate of drug-likeness (QED) is 0.673. The van der Waals surface area contributed by atoms with Crippen molar-refractivity contribution in [1.29, 1.82) is 0 Å². The third-order valence-electron chi connectivity index (χ3n) is 5.23. The average molecular weight is 451 g/mol. The summed E-state index contributed by atoms with van der Waals surface area (Å²) in [5.41, 5.74) is 2.33. The monoisotopic (exact) mass is 450 g/mol. The van der Waals surface area contributed by atoms with Gasteiger partial charge in [-0.05, 0) is 55.7 Å². The minimum atomic E-state index is -3.66. The van der Waals surface area contributed by atoms with Crippen molar-refractivity contribution >= 4 is 25.9 Å². The second-order valence-electron chi connectivity index (χ2n) is 7.66. The molecule has 0 spiro atoms. The predicted octanol–water partition coefficient (Wildman–Crippen LogP) is 3.29. The van der Waals surface area contributed by atoms with Gasteiger partial charge in [0.15, 0.2) is 9.84 Å². The van der Waals surface area contributed by atoms with Crippen LogP contribution >= 0.6 is 0 Å². The number of benzene rings is 2. The van der Waals surface area contributed by atoms with Crippen LogP contribution in [0, 0.1) is 0 Å². The molecule has 1 fully saturated rings. The van der Waals surface area contributed by atoms with Gasteiger partial charge in [0.2, 0.25) is 10.0 Å². The topological polar surface area (TPSA) is 91.8 Å². The standard InChI is InChI=1S/C21H26N2O5S2/c1-5-30(27,28)22-14-20(23(15(2)3)21(22)24)18-10-6-8-16(12-18)17-9-7-11-19(13-17)29(4,25)26/h6-13,15,20H,5,14H2,1-4H3. The highest BCUT2D eigenvalue weighted by molar-refractivity contribution is 7.90. The molecule has 2 amide bonds. The van der Waals surface area contributed by atoms with Crippen molar-refractivity contribution in [2.75, 3.05) is 18.6 Å². The molecule has 9 heteroatoms. The number of carbonyl (C=O) groups excluding carboxylic acids is 1. The summed E-state index contributed by atoms with van der Waals surface area (Å²) in [5.74, 6) is -0.143. The molecule has 1 aliphatic heterocycles. The fourth-order valence-corrected chi connectivity index (χ4v) is 5.33. The molecule has 1 saturated heterocycles. The molecule has 0 radical (unpaired) electrons. The van der Waals surface area contributed by atoms with Crippen LogP contribution in [0.4, 0.5) is 4.79 Å². The van der Waals surface area contributed by atoms with Crippen LogP contribution in [0.15, 0.2) is 53.4 Å². The number of nitrogens with zero attached hydrogens (tertiary/aromatic N) is 2. The third-order valence-corrected chi connectivity index (χ3v) is 8.05. The van der Waals surface area contributed by atoms with Gasteiger partial charge >= 0.3 is 6.03 Å². The van der Waals surface area contributed by atoms with Gasteiger partial charge in [0.25, 0.3) is 0 Å². The second kappa shape index (κ2) is 8.03. The first-order valence-electron chi connectivity index (χ1n) is 9.69. The summed E-state index contributed by atoms with van der Waals surface area (Å²) in [6, 6.07) is 13.0. The Kier molecular flexibility index (Phi) is 5.97. The van der Waals surface area contributed by atoms with Crippen LogP contribution in [0.3, 0.4) is 0 Å². The van der Waals surface area contributed by atoms with E-state index in [2.05, 4.69) is 0 Å². The lowest BCUT2D eigenvalue weighted by Gasteiger charge is -2.27. The number of sulfone groups is 1. The van der Waals surface area contributed by atoms with E-state index in [0.29, 0.717) is 0 Å². The Hall–Kier alpha value is -2.39. The molecule has 0 saturated carbocycles.